The molecule has 0 radical (unpaired) electrons. The largest absolute Gasteiger partial charge is 0.331 e. The van der Waals surface area contributed by atoms with Gasteiger partial charge in [-0.3, -0.25) is 4.79 Å². The summed E-state index contributed by atoms with van der Waals surface area (Å²) < 4.78 is 0. The minimum absolute atomic E-state index is 0.120. The summed E-state index contributed by atoms with van der Waals surface area (Å²) in [6.07, 6.45) is 6.28. The van der Waals surface area contributed by atoms with Gasteiger partial charge in [-0.05, 0) is 61.4 Å². The Kier molecular flexibility index (Phi) is 4.46. The lowest BCUT2D eigenvalue weighted by Gasteiger charge is -2.20. The van der Waals surface area contributed by atoms with Crippen molar-refractivity contribution in [1.82, 2.24) is 10.3 Å². The Bertz CT molecular complexity index is 767. The van der Waals surface area contributed by atoms with Crippen molar-refractivity contribution in [2.24, 2.45) is 0 Å². The van der Waals surface area contributed by atoms with E-state index < -0.39 is 0 Å². The molecule has 1 aromatic carbocycles. The Labute approximate surface area is 135 Å². The third-order valence-corrected chi connectivity index (χ3v) is 4.29. The molecule has 0 spiro atoms. The highest BCUT2D eigenvalue weighted by Crippen LogP contribution is 2.24. The summed E-state index contributed by atoms with van der Waals surface area (Å²) in [7, 11) is 0. The van der Waals surface area contributed by atoms with Crippen molar-refractivity contribution in [3.8, 4) is 0 Å². The van der Waals surface area contributed by atoms with Crippen LogP contribution in [0.15, 0.2) is 41.3 Å². The average molecular weight is 311 g/mol. The number of fused-ring (bicyclic) bond motifs is 1. The molecule has 5 heteroatoms. The molecule has 1 aliphatic rings. The van der Waals surface area contributed by atoms with Gasteiger partial charge in [0.05, 0.1) is 6.04 Å². The van der Waals surface area contributed by atoms with E-state index in [4.69, 9.17) is 0 Å². The topological polar surface area (TPSA) is 74.0 Å². The molecule has 3 rings (SSSR count). The van der Waals surface area contributed by atoms with Crippen molar-refractivity contribution in [2.75, 3.05) is 5.32 Å². The zero-order valence-corrected chi connectivity index (χ0v) is 13.2. The second kappa shape index (κ2) is 6.69. The number of hydrogen-bond donors (Lipinski definition) is 3. The molecular formula is C18H21N3O2. The number of benzene rings is 1. The van der Waals surface area contributed by atoms with Crippen LogP contribution in [0, 0.1) is 0 Å². The zero-order valence-electron chi connectivity index (χ0n) is 13.2. The van der Waals surface area contributed by atoms with Gasteiger partial charge in [0.25, 0.3) is 5.56 Å². The number of aromatic nitrogens is 1. The molecule has 3 N–H and O–H groups in total. The number of hydrogen-bond acceptors (Lipinski definition) is 2. The van der Waals surface area contributed by atoms with Gasteiger partial charge >= 0.3 is 6.03 Å². The van der Waals surface area contributed by atoms with Gasteiger partial charge in [0.2, 0.25) is 0 Å². The average Bonchev–Trinajstić information content (AvgIpc) is 2.56. The van der Waals surface area contributed by atoms with Crippen molar-refractivity contribution in [3.63, 3.8) is 0 Å². The van der Waals surface area contributed by atoms with Crippen LogP contribution in [0.25, 0.3) is 0 Å². The van der Waals surface area contributed by atoms with Crippen LogP contribution >= 0.6 is 0 Å². The number of carbonyl (C=O) groups excluding carboxylic acids is 1. The van der Waals surface area contributed by atoms with Crippen LogP contribution < -0.4 is 16.2 Å². The number of urea groups is 1. The molecule has 23 heavy (non-hydrogen) atoms. The van der Waals surface area contributed by atoms with Gasteiger partial charge in [0.15, 0.2) is 0 Å². The Hall–Kier alpha value is -2.56. The summed E-state index contributed by atoms with van der Waals surface area (Å²) >= 11 is 0. The molecule has 0 bridgehead atoms. The quantitative estimate of drug-likeness (QED) is 0.814. The van der Waals surface area contributed by atoms with Crippen molar-refractivity contribution in [2.45, 2.75) is 38.6 Å². The zero-order chi connectivity index (χ0) is 16.2. The molecule has 1 aliphatic carbocycles. The number of pyridine rings is 1. The van der Waals surface area contributed by atoms with E-state index >= 15 is 0 Å². The van der Waals surface area contributed by atoms with Crippen LogP contribution in [0.2, 0.25) is 0 Å². The van der Waals surface area contributed by atoms with E-state index in [9.17, 15) is 9.59 Å². The molecule has 2 aromatic rings. The molecule has 0 aliphatic heterocycles. The van der Waals surface area contributed by atoms with E-state index in [0.717, 1.165) is 18.4 Å². The van der Waals surface area contributed by atoms with Gasteiger partial charge < -0.3 is 15.6 Å². The molecule has 0 saturated heterocycles. The van der Waals surface area contributed by atoms with Crippen molar-refractivity contribution in [3.05, 3.63) is 63.6 Å². The van der Waals surface area contributed by atoms with Gasteiger partial charge in [-0.15, -0.1) is 0 Å². The fourth-order valence-corrected chi connectivity index (χ4v) is 2.98. The fourth-order valence-electron chi connectivity index (χ4n) is 2.98. The summed E-state index contributed by atoms with van der Waals surface area (Å²) in [5.41, 5.74) is 3.82. The highest BCUT2D eigenvalue weighted by molar-refractivity contribution is 5.89. The summed E-state index contributed by atoms with van der Waals surface area (Å²) in [6.45, 7) is 1.94. The molecule has 120 valence electrons. The predicted molar refractivity (Wildman–Crippen MR) is 90.7 cm³/mol. The van der Waals surface area contributed by atoms with Gasteiger partial charge in [-0.2, -0.15) is 0 Å². The second-order valence-corrected chi connectivity index (χ2v) is 5.97. The summed E-state index contributed by atoms with van der Waals surface area (Å²) in [5, 5.41) is 5.46. The van der Waals surface area contributed by atoms with Gasteiger partial charge in [-0.25, -0.2) is 4.79 Å². The number of carbonyl (C=O) groups is 1. The molecule has 0 fully saturated rings. The van der Waals surface area contributed by atoms with E-state index in [-0.39, 0.29) is 23.3 Å². The number of nitrogens with one attached hydrogen (secondary N) is 3. The van der Waals surface area contributed by atoms with Crippen LogP contribution in [-0.2, 0) is 12.8 Å². The highest BCUT2D eigenvalue weighted by Gasteiger charge is 2.14. The lowest BCUT2D eigenvalue weighted by Crippen LogP contribution is -2.33. The number of rotatable bonds is 3. The lowest BCUT2D eigenvalue weighted by atomic mass is 9.89. The van der Waals surface area contributed by atoms with Gasteiger partial charge in [0.1, 0.15) is 5.69 Å². The minimum atomic E-state index is -0.382. The van der Waals surface area contributed by atoms with Crippen LogP contribution in [0.4, 0.5) is 10.5 Å². The van der Waals surface area contributed by atoms with Crippen LogP contribution in [-0.4, -0.2) is 11.0 Å². The molecule has 1 unspecified atom stereocenters. The SMILES string of the molecule is CC(NC(=O)Nc1ccc[nH]c1=O)c1ccc2c(c1)CCCC2. The van der Waals surface area contributed by atoms with Crippen LogP contribution in [0.1, 0.15) is 42.5 Å². The first-order valence-electron chi connectivity index (χ1n) is 8.00. The third kappa shape index (κ3) is 3.62. The van der Waals surface area contributed by atoms with Gasteiger partial charge in [0, 0.05) is 6.20 Å². The maximum atomic E-state index is 12.1. The second-order valence-electron chi connectivity index (χ2n) is 5.97. The molecule has 5 nitrogen and oxygen atoms in total. The predicted octanol–water partition coefficient (Wildman–Crippen LogP) is 3.14. The van der Waals surface area contributed by atoms with E-state index in [2.05, 4.69) is 33.8 Å². The Morgan fingerprint density at radius 2 is 1.96 bits per heavy atom. The van der Waals surface area contributed by atoms with Gasteiger partial charge in [-0.1, -0.05) is 18.2 Å². The third-order valence-electron chi connectivity index (χ3n) is 4.29. The highest BCUT2D eigenvalue weighted by atomic mass is 16.2. The maximum absolute atomic E-state index is 12.1. The Balaban J connectivity index is 1.67. The maximum Gasteiger partial charge on any atom is 0.319 e. The summed E-state index contributed by atoms with van der Waals surface area (Å²) in [5.74, 6) is 0. The van der Waals surface area contributed by atoms with Crippen LogP contribution in [0.5, 0.6) is 0 Å². The number of aryl methyl sites for hydroxylation is 2. The van der Waals surface area contributed by atoms with E-state index in [1.54, 1.807) is 12.1 Å². The normalized spacial score (nSPS) is 14.7. The smallest absolute Gasteiger partial charge is 0.319 e. The molecule has 1 aromatic heterocycles. The standard InChI is InChI=1S/C18H21N3O2/c1-12(14-9-8-13-5-2-3-6-15(13)11-14)20-18(23)21-16-7-4-10-19-17(16)22/h4,7-12H,2-3,5-6H2,1H3,(H,19,22)(H2,20,21,23). The number of amides is 2. The van der Waals surface area contributed by atoms with Crippen molar-refractivity contribution >= 4 is 11.7 Å². The van der Waals surface area contributed by atoms with E-state index in [1.807, 2.05) is 6.92 Å². The lowest BCUT2D eigenvalue weighted by molar-refractivity contribution is 0.249. The molecule has 1 atom stereocenters. The first-order valence-corrected chi connectivity index (χ1v) is 8.00. The van der Waals surface area contributed by atoms with E-state index in [1.165, 1.54) is 30.2 Å². The number of anilines is 1. The Morgan fingerprint density at radius 1 is 1.17 bits per heavy atom. The molecule has 1 heterocycles. The minimum Gasteiger partial charge on any atom is -0.331 e. The van der Waals surface area contributed by atoms with E-state index in [0.29, 0.717) is 0 Å². The van der Waals surface area contributed by atoms with Crippen molar-refractivity contribution in [1.29, 1.82) is 0 Å². The molecule has 0 saturated carbocycles. The first-order chi connectivity index (χ1) is 11.1. The molecular weight excluding hydrogens is 290 g/mol. The number of aromatic amines is 1. The summed E-state index contributed by atoms with van der Waals surface area (Å²) in [6, 6.07) is 9.17. The molecule has 2 amide bonds. The fraction of sp³-hybridized carbons (Fsp3) is 0.333. The monoisotopic (exact) mass is 311 g/mol. The van der Waals surface area contributed by atoms with Crippen LogP contribution in [0.3, 0.4) is 0 Å². The first kappa shape index (κ1) is 15.3. The number of H-pyrrole nitrogens is 1. The Morgan fingerprint density at radius 3 is 2.74 bits per heavy atom. The van der Waals surface area contributed by atoms with Crippen molar-refractivity contribution < 1.29 is 4.79 Å². The summed E-state index contributed by atoms with van der Waals surface area (Å²) in [4.78, 5) is 26.2.